The number of aromatic amines is 2. The zero-order chi connectivity index (χ0) is 21.9. The lowest BCUT2D eigenvalue weighted by Crippen LogP contribution is -2.37. The van der Waals surface area contributed by atoms with Crippen LogP contribution in [0.15, 0.2) is 41.2 Å². The van der Waals surface area contributed by atoms with E-state index in [1.165, 1.54) is 29.2 Å². The van der Waals surface area contributed by atoms with Gasteiger partial charge in [0.2, 0.25) is 0 Å². The Hall–Kier alpha value is -3.23. The van der Waals surface area contributed by atoms with Crippen molar-refractivity contribution in [3.63, 3.8) is 0 Å². The quantitative estimate of drug-likeness (QED) is 0.485. The molecule has 2 aromatic heterocycles. The van der Waals surface area contributed by atoms with Gasteiger partial charge in [-0.3, -0.25) is 9.59 Å². The molecule has 5 rings (SSSR count). The molecule has 0 bridgehead atoms. The van der Waals surface area contributed by atoms with Crippen molar-refractivity contribution in [1.82, 2.24) is 14.9 Å². The summed E-state index contributed by atoms with van der Waals surface area (Å²) in [5.41, 5.74) is 1.47. The highest BCUT2D eigenvalue weighted by atomic mass is 35.5. The lowest BCUT2D eigenvalue weighted by Gasteiger charge is -2.33. The van der Waals surface area contributed by atoms with Crippen molar-refractivity contribution in [2.75, 3.05) is 13.7 Å². The zero-order valence-electron chi connectivity index (χ0n) is 16.3. The molecule has 1 atom stereocenters. The van der Waals surface area contributed by atoms with Gasteiger partial charge in [0.05, 0.1) is 35.2 Å². The van der Waals surface area contributed by atoms with Crippen molar-refractivity contribution in [3.05, 3.63) is 80.4 Å². The third kappa shape index (κ3) is 3.19. The Balaban J connectivity index is 1.60. The zero-order valence-corrected chi connectivity index (χ0v) is 17.0. The van der Waals surface area contributed by atoms with Crippen molar-refractivity contribution < 1.29 is 18.3 Å². The van der Waals surface area contributed by atoms with Gasteiger partial charge in [-0.25, -0.2) is 8.78 Å². The Kier molecular flexibility index (Phi) is 4.56. The summed E-state index contributed by atoms with van der Waals surface area (Å²) >= 11 is 6.10. The van der Waals surface area contributed by atoms with E-state index in [0.717, 1.165) is 0 Å². The first kappa shape index (κ1) is 19.7. The third-order valence-electron chi connectivity index (χ3n) is 5.63. The molecule has 1 aliphatic rings. The highest BCUT2D eigenvalue weighted by molar-refractivity contribution is 6.35. The minimum Gasteiger partial charge on any atom is -0.373 e. The highest BCUT2D eigenvalue weighted by Crippen LogP contribution is 2.34. The molecule has 0 spiro atoms. The van der Waals surface area contributed by atoms with Crippen LogP contribution in [0.2, 0.25) is 5.02 Å². The number of carbonyl (C=O) groups is 1. The Bertz CT molecular complexity index is 1430. The Morgan fingerprint density at radius 2 is 1.90 bits per heavy atom. The van der Waals surface area contributed by atoms with Crippen LogP contribution < -0.4 is 5.56 Å². The first-order valence-electron chi connectivity index (χ1n) is 9.50. The van der Waals surface area contributed by atoms with Crippen molar-refractivity contribution in [1.29, 1.82) is 0 Å². The molecular weight excluding hydrogens is 428 g/mol. The summed E-state index contributed by atoms with van der Waals surface area (Å²) in [7, 11) is 1.61. The number of halogens is 3. The van der Waals surface area contributed by atoms with Gasteiger partial charge in [0.1, 0.15) is 17.3 Å². The first-order chi connectivity index (χ1) is 14.8. The summed E-state index contributed by atoms with van der Waals surface area (Å²) < 4.78 is 33.0. The van der Waals surface area contributed by atoms with Crippen molar-refractivity contribution >= 4 is 39.2 Å². The molecule has 9 heteroatoms. The van der Waals surface area contributed by atoms with Crippen molar-refractivity contribution in [3.8, 4) is 0 Å². The molecule has 0 radical (unpaired) electrons. The minimum absolute atomic E-state index is 0.178. The summed E-state index contributed by atoms with van der Waals surface area (Å²) in [6, 6.07) is 7.50. The molecule has 1 aliphatic heterocycles. The fraction of sp³-hybridized carbons (Fsp3) is 0.182. The molecule has 158 valence electrons. The Morgan fingerprint density at radius 3 is 2.71 bits per heavy atom. The molecule has 3 heterocycles. The Labute approximate surface area is 179 Å². The van der Waals surface area contributed by atoms with Crippen LogP contribution >= 0.6 is 11.6 Å². The van der Waals surface area contributed by atoms with E-state index in [0.29, 0.717) is 27.5 Å². The summed E-state index contributed by atoms with van der Waals surface area (Å²) in [6.07, 6.45) is 0. The molecule has 31 heavy (non-hydrogen) atoms. The van der Waals surface area contributed by atoms with E-state index in [2.05, 4.69) is 9.97 Å². The van der Waals surface area contributed by atoms with Gasteiger partial charge < -0.3 is 19.6 Å². The fourth-order valence-corrected chi connectivity index (χ4v) is 4.40. The first-order valence-corrected chi connectivity index (χ1v) is 9.88. The average Bonchev–Trinajstić information content (AvgIpc) is 3.17. The number of amides is 1. The second-order valence-corrected chi connectivity index (χ2v) is 7.92. The van der Waals surface area contributed by atoms with Gasteiger partial charge in [-0.2, -0.15) is 0 Å². The maximum atomic E-state index is 13.7. The molecule has 2 aromatic carbocycles. The number of aromatic nitrogens is 2. The molecule has 6 nitrogen and oxygen atoms in total. The molecule has 0 saturated carbocycles. The summed E-state index contributed by atoms with van der Waals surface area (Å²) in [5.74, 6) is -1.40. The van der Waals surface area contributed by atoms with E-state index < -0.39 is 23.2 Å². The Morgan fingerprint density at radius 1 is 1.10 bits per heavy atom. The number of fused-ring (bicyclic) bond motifs is 4. The third-order valence-corrected chi connectivity index (χ3v) is 5.94. The SMILES string of the molecule is CN(C(=O)c1cc2c(Cl)cc(F)cc2[nH]1)C1COCc2[nH]c(=O)c3cc(F)ccc3c21. The average molecular weight is 444 g/mol. The van der Waals surface area contributed by atoms with Gasteiger partial charge >= 0.3 is 0 Å². The van der Waals surface area contributed by atoms with Crippen LogP contribution in [-0.4, -0.2) is 34.4 Å². The molecule has 4 aromatic rings. The molecule has 0 saturated heterocycles. The van der Waals surface area contributed by atoms with Gasteiger partial charge in [0.25, 0.3) is 11.5 Å². The molecule has 1 amide bonds. The maximum absolute atomic E-state index is 13.7. The van der Waals surface area contributed by atoms with Crippen LogP contribution in [0, 0.1) is 11.6 Å². The van der Waals surface area contributed by atoms with Crippen LogP contribution in [0.5, 0.6) is 0 Å². The number of ether oxygens (including phenoxy) is 1. The number of pyridine rings is 1. The summed E-state index contributed by atoms with van der Waals surface area (Å²) in [5, 5.41) is 1.50. The van der Waals surface area contributed by atoms with Crippen molar-refractivity contribution in [2.24, 2.45) is 0 Å². The van der Waals surface area contributed by atoms with E-state index in [9.17, 15) is 18.4 Å². The van der Waals surface area contributed by atoms with Crippen LogP contribution in [0.25, 0.3) is 21.7 Å². The normalized spacial score (nSPS) is 15.9. The maximum Gasteiger partial charge on any atom is 0.270 e. The number of nitrogens with zero attached hydrogens (tertiary/aromatic N) is 1. The van der Waals surface area contributed by atoms with Crippen LogP contribution in [0.1, 0.15) is 27.8 Å². The van der Waals surface area contributed by atoms with Gasteiger partial charge in [-0.1, -0.05) is 17.7 Å². The summed E-state index contributed by atoms with van der Waals surface area (Å²) in [6.45, 7) is 0.376. The van der Waals surface area contributed by atoms with Gasteiger partial charge in [-0.05, 0) is 35.7 Å². The lowest BCUT2D eigenvalue weighted by atomic mass is 9.95. The molecule has 0 fully saturated rings. The predicted molar refractivity (Wildman–Crippen MR) is 112 cm³/mol. The van der Waals surface area contributed by atoms with Gasteiger partial charge in [-0.15, -0.1) is 0 Å². The number of H-pyrrole nitrogens is 2. The number of carbonyl (C=O) groups excluding carboxylic acids is 1. The molecule has 0 aliphatic carbocycles. The van der Waals surface area contributed by atoms with Crippen LogP contribution in [0.4, 0.5) is 8.78 Å². The van der Waals surface area contributed by atoms with Gasteiger partial charge in [0, 0.05) is 23.7 Å². The molecular formula is C22H16ClF2N3O3. The summed E-state index contributed by atoms with van der Waals surface area (Å²) in [4.78, 5) is 32.8. The lowest BCUT2D eigenvalue weighted by molar-refractivity contribution is 0.0333. The van der Waals surface area contributed by atoms with E-state index in [1.54, 1.807) is 19.2 Å². The largest absolute Gasteiger partial charge is 0.373 e. The number of rotatable bonds is 2. The van der Waals surface area contributed by atoms with E-state index in [1.807, 2.05) is 0 Å². The predicted octanol–water partition coefficient (Wildman–Crippen LogP) is 4.28. The monoisotopic (exact) mass is 443 g/mol. The molecule has 2 N–H and O–H groups in total. The number of hydrogen-bond donors (Lipinski definition) is 2. The van der Waals surface area contributed by atoms with E-state index in [4.69, 9.17) is 16.3 Å². The standard InChI is InChI=1S/C22H16ClF2N3O3/c1-28(22(30)17-7-14-15(23)5-11(25)6-16(14)26-17)19-9-31-8-18-20(19)12-3-2-10(24)4-13(12)21(29)27-18/h2-7,19,26H,8-9H2,1H3,(H,27,29). The second kappa shape index (κ2) is 7.18. The van der Waals surface area contributed by atoms with E-state index in [-0.39, 0.29) is 35.2 Å². The number of likely N-dealkylation sites (N-methyl/N-ethyl adjacent to an activating group) is 1. The molecule has 1 unspecified atom stereocenters. The van der Waals surface area contributed by atoms with Crippen LogP contribution in [-0.2, 0) is 11.3 Å². The number of benzene rings is 2. The van der Waals surface area contributed by atoms with E-state index >= 15 is 0 Å². The van der Waals surface area contributed by atoms with Gasteiger partial charge in [0.15, 0.2) is 0 Å². The van der Waals surface area contributed by atoms with Crippen molar-refractivity contribution in [2.45, 2.75) is 12.6 Å². The minimum atomic E-state index is -0.528. The highest BCUT2D eigenvalue weighted by Gasteiger charge is 2.31. The number of nitrogens with one attached hydrogen (secondary N) is 2. The fourth-order valence-electron chi connectivity index (χ4n) is 4.14. The topological polar surface area (TPSA) is 78.2 Å². The van der Waals surface area contributed by atoms with Crippen LogP contribution in [0.3, 0.4) is 0 Å². The smallest absolute Gasteiger partial charge is 0.270 e. The second-order valence-electron chi connectivity index (χ2n) is 7.52. The number of hydrogen-bond acceptors (Lipinski definition) is 3.